The molecule has 0 atom stereocenters. The molecule has 3 aromatic rings. The van der Waals surface area contributed by atoms with Gasteiger partial charge >= 0.3 is 0 Å². The van der Waals surface area contributed by atoms with Crippen LogP contribution in [0.2, 0.25) is 0 Å². The zero-order chi connectivity index (χ0) is 15.4. The quantitative estimate of drug-likeness (QED) is 0.725. The number of nitrogens with zero attached hydrogens (tertiary/aromatic N) is 2. The smallest absolute Gasteiger partial charge is 0.273 e. The van der Waals surface area contributed by atoms with E-state index in [4.69, 9.17) is 4.74 Å². The standard InChI is InChI=1S/C16H14N4O2/c1-22-12-7-5-11(6-8-12)18-10-13-15(19-20-16(13)21)14-4-2-3-9-17-14/h2-10H,1H3,(H2,19,20,21). The van der Waals surface area contributed by atoms with E-state index < -0.39 is 0 Å². The molecule has 0 aliphatic heterocycles. The SMILES string of the molecule is COc1ccc(N=Cc2c(-c3ccccn3)[nH][nH]c2=O)cc1. The molecule has 0 saturated heterocycles. The first kappa shape index (κ1) is 13.8. The molecular formula is C16H14N4O2. The third kappa shape index (κ3) is 2.80. The number of rotatable bonds is 4. The first-order valence-electron chi connectivity index (χ1n) is 6.68. The first-order chi connectivity index (χ1) is 10.8. The molecule has 22 heavy (non-hydrogen) atoms. The summed E-state index contributed by atoms with van der Waals surface area (Å²) in [6.45, 7) is 0. The fourth-order valence-corrected chi connectivity index (χ4v) is 2.01. The van der Waals surface area contributed by atoms with Crippen molar-refractivity contribution in [1.82, 2.24) is 15.2 Å². The largest absolute Gasteiger partial charge is 0.497 e. The van der Waals surface area contributed by atoms with Gasteiger partial charge in [0, 0.05) is 12.4 Å². The number of benzene rings is 1. The number of aliphatic imine (C=N–C) groups is 1. The molecule has 0 fully saturated rings. The molecule has 0 bridgehead atoms. The minimum atomic E-state index is -0.238. The molecule has 0 amide bonds. The fraction of sp³-hybridized carbons (Fsp3) is 0.0625. The van der Waals surface area contributed by atoms with Crippen molar-refractivity contribution in [2.45, 2.75) is 0 Å². The maximum Gasteiger partial charge on any atom is 0.273 e. The Labute approximate surface area is 126 Å². The summed E-state index contributed by atoms with van der Waals surface area (Å²) in [4.78, 5) is 20.5. The Balaban J connectivity index is 1.93. The second kappa shape index (κ2) is 6.09. The molecule has 2 N–H and O–H groups in total. The summed E-state index contributed by atoms with van der Waals surface area (Å²) < 4.78 is 5.10. The van der Waals surface area contributed by atoms with E-state index in [9.17, 15) is 4.79 Å². The average Bonchev–Trinajstić information content (AvgIpc) is 2.95. The minimum absolute atomic E-state index is 0.238. The maximum absolute atomic E-state index is 11.9. The lowest BCUT2D eigenvalue weighted by Gasteiger charge is -1.99. The zero-order valence-electron chi connectivity index (χ0n) is 11.9. The Bertz CT molecular complexity index is 833. The van der Waals surface area contributed by atoms with Crippen LogP contribution in [0.4, 0.5) is 5.69 Å². The van der Waals surface area contributed by atoms with Gasteiger partial charge in [0.1, 0.15) is 5.75 Å². The normalized spacial score (nSPS) is 11.0. The van der Waals surface area contributed by atoms with Gasteiger partial charge in [-0.3, -0.25) is 25.0 Å². The van der Waals surface area contributed by atoms with E-state index in [0.717, 1.165) is 11.4 Å². The number of nitrogens with one attached hydrogen (secondary N) is 2. The molecule has 110 valence electrons. The van der Waals surface area contributed by atoms with Crippen LogP contribution in [0.3, 0.4) is 0 Å². The van der Waals surface area contributed by atoms with E-state index in [2.05, 4.69) is 20.2 Å². The third-order valence-electron chi connectivity index (χ3n) is 3.15. The van der Waals surface area contributed by atoms with E-state index in [1.165, 1.54) is 6.21 Å². The molecule has 0 saturated carbocycles. The Morgan fingerprint density at radius 1 is 1.14 bits per heavy atom. The Morgan fingerprint density at radius 2 is 1.95 bits per heavy atom. The first-order valence-corrected chi connectivity index (χ1v) is 6.68. The monoisotopic (exact) mass is 294 g/mol. The van der Waals surface area contributed by atoms with Gasteiger partial charge in [-0.1, -0.05) is 6.07 Å². The van der Waals surface area contributed by atoms with Crippen LogP contribution in [-0.4, -0.2) is 28.5 Å². The second-order valence-corrected chi connectivity index (χ2v) is 4.54. The van der Waals surface area contributed by atoms with Crippen molar-refractivity contribution in [2.75, 3.05) is 7.11 Å². The summed E-state index contributed by atoms with van der Waals surface area (Å²) in [5.74, 6) is 0.757. The Hall–Kier alpha value is -3.15. The number of H-pyrrole nitrogens is 2. The predicted molar refractivity (Wildman–Crippen MR) is 84.9 cm³/mol. The van der Waals surface area contributed by atoms with Gasteiger partial charge in [-0.25, -0.2) is 0 Å². The summed E-state index contributed by atoms with van der Waals surface area (Å²) in [7, 11) is 1.61. The van der Waals surface area contributed by atoms with Gasteiger partial charge in [-0.05, 0) is 36.4 Å². The third-order valence-corrected chi connectivity index (χ3v) is 3.15. The highest BCUT2D eigenvalue weighted by Gasteiger charge is 2.10. The maximum atomic E-state index is 11.9. The van der Waals surface area contributed by atoms with Gasteiger partial charge in [0.25, 0.3) is 5.56 Å². The molecule has 0 unspecified atom stereocenters. The lowest BCUT2D eigenvalue weighted by atomic mass is 10.2. The second-order valence-electron chi connectivity index (χ2n) is 4.54. The fourth-order valence-electron chi connectivity index (χ4n) is 2.01. The number of ether oxygens (including phenoxy) is 1. The molecule has 6 heteroatoms. The van der Waals surface area contributed by atoms with Crippen LogP contribution in [0.15, 0.2) is 58.4 Å². The molecule has 0 aliphatic carbocycles. The molecule has 3 rings (SSSR count). The van der Waals surface area contributed by atoms with Crippen LogP contribution in [0.5, 0.6) is 5.75 Å². The number of hydrogen-bond acceptors (Lipinski definition) is 4. The minimum Gasteiger partial charge on any atom is -0.497 e. The van der Waals surface area contributed by atoms with Crippen LogP contribution < -0.4 is 10.3 Å². The van der Waals surface area contributed by atoms with Gasteiger partial charge in [0.05, 0.1) is 29.7 Å². The average molecular weight is 294 g/mol. The van der Waals surface area contributed by atoms with Crippen molar-refractivity contribution in [3.63, 3.8) is 0 Å². The Kier molecular flexibility index (Phi) is 3.82. The van der Waals surface area contributed by atoms with Gasteiger partial charge < -0.3 is 4.74 Å². The number of pyridine rings is 1. The number of aromatic nitrogens is 3. The summed E-state index contributed by atoms with van der Waals surface area (Å²) >= 11 is 0. The highest BCUT2D eigenvalue weighted by molar-refractivity contribution is 5.89. The summed E-state index contributed by atoms with van der Waals surface area (Å²) in [6, 6.07) is 12.8. The highest BCUT2D eigenvalue weighted by Crippen LogP contribution is 2.19. The van der Waals surface area contributed by atoms with Crippen molar-refractivity contribution in [2.24, 2.45) is 4.99 Å². The van der Waals surface area contributed by atoms with Crippen molar-refractivity contribution in [3.05, 3.63) is 64.6 Å². The van der Waals surface area contributed by atoms with E-state index in [1.807, 2.05) is 42.5 Å². The molecule has 0 radical (unpaired) electrons. The summed E-state index contributed by atoms with van der Waals surface area (Å²) in [5, 5.41) is 5.39. The molecule has 1 aromatic carbocycles. The number of hydrogen-bond donors (Lipinski definition) is 2. The molecule has 6 nitrogen and oxygen atoms in total. The van der Waals surface area contributed by atoms with E-state index in [0.29, 0.717) is 17.0 Å². The topological polar surface area (TPSA) is 83.1 Å². The van der Waals surface area contributed by atoms with Gasteiger partial charge in [-0.15, -0.1) is 0 Å². The molecule has 0 spiro atoms. The molecule has 2 heterocycles. The lowest BCUT2D eigenvalue weighted by molar-refractivity contribution is 0.415. The van der Waals surface area contributed by atoms with Crippen LogP contribution in [-0.2, 0) is 0 Å². The van der Waals surface area contributed by atoms with Crippen LogP contribution in [0.1, 0.15) is 5.56 Å². The number of aromatic amines is 2. The van der Waals surface area contributed by atoms with E-state index >= 15 is 0 Å². The van der Waals surface area contributed by atoms with Gasteiger partial charge in [0.2, 0.25) is 0 Å². The molecule has 2 aromatic heterocycles. The summed E-state index contributed by atoms with van der Waals surface area (Å²) in [5.41, 5.74) is 2.22. The van der Waals surface area contributed by atoms with Crippen molar-refractivity contribution < 1.29 is 4.74 Å². The summed E-state index contributed by atoms with van der Waals surface area (Å²) in [6.07, 6.45) is 3.20. The predicted octanol–water partition coefficient (Wildman–Crippen LogP) is 2.52. The van der Waals surface area contributed by atoms with Crippen molar-refractivity contribution >= 4 is 11.9 Å². The highest BCUT2D eigenvalue weighted by atomic mass is 16.5. The van der Waals surface area contributed by atoms with Crippen LogP contribution in [0, 0.1) is 0 Å². The molecule has 0 aliphatic rings. The van der Waals surface area contributed by atoms with Gasteiger partial charge in [-0.2, -0.15) is 0 Å². The van der Waals surface area contributed by atoms with Crippen LogP contribution >= 0.6 is 0 Å². The van der Waals surface area contributed by atoms with E-state index in [1.54, 1.807) is 13.3 Å². The Morgan fingerprint density at radius 3 is 2.64 bits per heavy atom. The zero-order valence-corrected chi connectivity index (χ0v) is 11.9. The number of methoxy groups -OCH3 is 1. The van der Waals surface area contributed by atoms with E-state index in [-0.39, 0.29) is 5.56 Å². The van der Waals surface area contributed by atoms with Gasteiger partial charge in [0.15, 0.2) is 0 Å². The molecular weight excluding hydrogens is 280 g/mol. The van der Waals surface area contributed by atoms with Crippen molar-refractivity contribution in [3.8, 4) is 17.1 Å². The lowest BCUT2D eigenvalue weighted by Crippen LogP contribution is -2.05. The van der Waals surface area contributed by atoms with Crippen molar-refractivity contribution in [1.29, 1.82) is 0 Å². The van der Waals surface area contributed by atoms with Crippen LogP contribution in [0.25, 0.3) is 11.4 Å².